The molecule has 15 heavy (non-hydrogen) atoms. The molecule has 0 aromatic heterocycles. The lowest BCUT2D eigenvalue weighted by atomic mass is 10.3. The first-order valence-corrected chi connectivity index (χ1v) is 5.93. The van der Waals surface area contributed by atoms with Gasteiger partial charge in [-0.1, -0.05) is 0 Å². The van der Waals surface area contributed by atoms with Crippen LogP contribution < -0.4 is 5.32 Å². The van der Waals surface area contributed by atoms with Crippen molar-refractivity contribution in [2.75, 3.05) is 46.3 Å². The summed E-state index contributed by atoms with van der Waals surface area (Å²) in [6, 6.07) is 0. The summed E-state index contributed by atoms with van der Waals surface area (Å²) >= 11 is 0. The van der Waals surface area contributed by atoms with Crippen LogP contribution in [0.3, 0.4) is 0 Å². The van der Waals surface area contributed by atoms with Crippen LogP contribution in [-0.4, -0.2) is 62.0 Å². The fourth-order valence-electron chi connectivity index (χ4n) is 1.97. The molecule has 1 saturated heterocycles. The van der Waals surface area contributed by atoms with E-state index in [0.717, 1.165) is 38.6 Å². The zero-order valence-electron chi connectivity index (χ0n) is 9.54. The fraction of sp³-hybridized carbons (Fsp3) is 0.909. The number of carbonyl (C=O) groups is 1. The third-order valence-corrected chi connectivity index (χ3v) is 3.22. The summed E-state index contributed by atoms with van der Waals surface area (Å²) in [6.07, 6.45) is 2.62. The minimum atomic E-state index is 0.281. The van der Waals surface area contributed by atoms with E-state index in [1.54, 1.807) is 0 Å². The van der Waals surface area contributed by atoms with Gasteiger partial charge in [0.25, 0.3) is 0 Å². The van der Waals surface area contributed by atoms with Crippen LogP contribution >= 0.6 is 0 Å². The second-order valence-corrected chi connectivity index (χ2v) is 4.74. The van der Waals surface area contributed by atoms with Crippen LogP contribution in [0.1, 0.15) is 12.8 Å². The zero-order valence-corrected chi connectivity index (χ0v) is 9.54. The van der Waals surface area contributed by atoms with Gasteiger partial charge in [0.15, 0.2) is 0 Å². The Balaban J connectivity index is 1.69. The van der Waals surface area contributed by atoms with E-state index in [-0.39, 0.29) is 5.91 Å². The lowest BCUT2D eigenvalue weighted by Gasteiger charge is -2.28. The van der Waals surface area contributed by atoms with E-state index < -0.39 is 0 Å². The molecule has 2 rings (SSSR count). The number of carbonyl (C=O) groups excluding carboxylic acids is 1. The van der Waals surface area contributed by atoms with Gasteiger partial charge in [-0.2, -0.15) is 0 Å². The molecule has 0 radical (unpaired) electrons. The highest BCUT2D eigenvalue weighted by Gasteiger charge is 2.25. The molecule has 0 aromatic rings. The molecule has 0 bridgehead atoms. The number of hydrogen-bond donors (Lipinski definition) is 1. The summed E-state index contributed by atoms with van der Waals surface area (Å²) in [5.74, 6) is 1.07. The van der Waals surface area contributed by atoms with Crippen molar-refractivity contribution in [3.8, 4) is 0 Å². The Bertz CT molecular complexity index is 222. The largest absolute Gasteiger partial charge is 0.344 e. The van der Waals surface area contributed by atoms with Crippen molar-refractivity contribution in [2.24, 2.45) is 5.92 Å². The average Bonchev–Trinajstić information content (AvgIpc) is 3.03. The maximum Gasteiger partial charge on any atom is 0.236 e. The van der Waals surface area contributed by atoms with Crippen LogP contribution in [0.15, 0.2) is 0 Å². The van der Waals surface area contributed by atoms with Crippen LogP contribution in [-0.2, 0) is 4.79 Å². The molecule has 0 spiro atoms. The normalized spacial score (nSPS) is 22.7. The summed E-state index contributed by atoms with van der Waals surface area (Å²) in [7, 11) is 1.93. The van der Waals surface area contributed by atoms with Gasteiger partial charge in [-0.15, -0.1) is 0 Å². The van der Waals surface area contributed by atoms with E-state index in [2.05, 4.69) is 10.2 Å². The van der Waals surface area contributed by atoms with Crippen molar-refractivity contribution in [1.82, 2.24) is 15.1 Å². The van der Waals surface area contributed by atoms with Crippen molar-refractivity contribution in [1.29, 1.82) is 0 Å². The van der Waals surface area contributed by atoms with Crippen molar-refractivity contribution in [3.63, 3.8) is 0 Å². The highest BCUT2D eigenvalue weighted by molar-refractivity contribution is 5.78. The Labute approximate surface area is 91.6 Å². The number of nitrogens with zero attached hydrogens (tertiary/aromatic N) is 2. The maximum atomic E-state index is 11.8. The fourth-order valence-corrected chi connectivity index (χ4v) is 1.97. The monoisotopic (exact) mass is 211 g/mol. The van der Waals surface area contributed by atoms with E-state index in [1.807, 2.05) is 11.9 Å². The summed E-state index contributed by atoms with van der Waals surface area (Å²) in [5.41, 5.74) is 0. The Morgan fingerprint density at radius 1 is 1.40 bits per heavy atom. The number of nitrogens with one attached hydrogen (secondary N) is 1. The van der Waals surface area contributed by atoms with Crippen LogP contribution in [0.25, 0.3) is 0 Å². The number of rotatable bonds is 4. The molecular weight excluding hydrogens is 190 g/mol. The van der Waals surface area contributed by atoms with Gasteiger partial charge in [-0.3, -0.25) is 9.69 Å². The minimum absolute atomic E-state index is 0.281. The molecule has 0 atom stereocenters. The summed E-state index contributed by atoms with van der Waals surface area (Å²) in [6.45, 7) is 5.60. The standard InChI is InChI=1S/C11H21N3O/c1-13(8-10-2-3-10)11(15)9-14-6-4-12-5-7-14/h10,12H,2-9H2,1H3. The molecule has 4 heteroatoms. The Hall–Kier alpha value is -0.610. The third kappa shape index (κ3) is 3.47. The summed E-state index contributed by atoms with van der Waals surface area (Å²) < 4.78 is 0. The Kier molecular flexibility index (Phi) is 3.59. The average molecular weight is 211 g/mol. The summed E-state index contributed by atoms with van der Waals surface area (Å²) in [4.78, 5) is 16.0. The second-order valence-electron chi connectivity index (χ2n) is 4.74. The van der Waals surface area contributed by atoms with Crippen LogP contribution in [0.2, 0.25) is 0 Å². The van der Waals surface area contributed by atoms with Gasteiger partial charge < -0.3 is 10.2 Å². The van der Waals surface area contributed by atoms with Gasteiger partial charge in [0.05, 0.1) is 6.54 Å². The Morgan fingerprint density at radius 2 is 2.07 bits per heavy atom. The first-order valence-electron chi connectivity index (χ1n) is 5.93. The van der Waals surface area contributed by atoms with Crippen LogP contribution in [0.5, 0.6) is 0 Å². The first kappa shape index (κ1) is 10.9. The molecule has 1 aliphatic carbocycles. The molecule has 0 unspecified atom stereocenters. The first-order chi connectivity index (χ1) is 7.25. The van der Waals surface area contributed by atoms with E-state index >= 15 is 0 Å². The van der Waals surface area contributed by atoms with E-state index in [9.17, 15) is 4.79 Å². The molecule has 86 valence electrons. The van der Waals surface area contributed by atoms with E-state index in [1.165, 1.54) is 12.8 Å². The highest BCUT2D eigenvalue weighted by atomic mass is 16.2. The molecule has 1 N–H and O–H groups in total. The molecule has 4 nitrogen and oxygen atoms in total. The van der Waals surface area contributed by atoms with Crippen LogP contribution in [0.4, 0.5) is 0 Å². The van der Waals surface area contributed by atoms with E-state index in [4.69, 9.17) is 0 Å². The van der Waals surface area contributed by atoms with Gasteiger partial charge >= 0.3 is 0 Å². The van der Waals surface area contributed by atoms with Gasteiger partial charge in [0.2, 0.25) is 5.91 Å². The quantitative estimate of drug-likeness (QED) is 0.697. The molecule has 2 fully saturated rings. The number of amides is 1. The predicted octanol–water partition coefficient (Wildman–Crippen LogP) is -0.240. The van der Waals surface area contributed by atoms with Crippen molar-refractivity contribution in [3.05, 3.63) is 0 Å². The number of hydrogen-bond acceptors (Lipinski definition) is 3. The highest BCUT2D eigenvalue weighted by Crippen LogP contribution is 2.29. The lowest BCUT2D eigenvalue weighted by Crippen LogP contribution is -2.48. The smallest absolute Gasteiger partial charge is 0.236 e. The van der Waals surface area contributed by atoms with E-state index in [0.29, 0.717) is 6.54 Å². The van der Waals surface area contributed by atoms with Crippen molar-refractivity contribution in [2.45, 2.75) is 12.8 Å². The van der Waals surface area contributed by atoms with Gasteiger partial charge in [0, 0.05) is 39.8 Å². The topological polar surface area (TPSA) is 35.6 Å². The predicted molar refractivity (Wildman–Crippen MR) is 59.7 cm³/mol. The van der Waals surface area contributed by atoms with Crippen molar-refractivity contribution < 1.29 is 4.79 Å². The molecule has 2 aliphatic rings. The zero-order chi connectivity index (χ0) is 10.7. The third-order valence-electron chi connectivity index (χ3n) is 3.22. The van der Waals surface area contributed by atoms with Crippen molar-refractivity contribution >= 4 is 5.91 Å². The SMILES string of the molecule is CN(CC1CC1)C(=O)CN1CCNCC1. The summed E-state index contributed by atoms with van der Waals surface area (Å²) in [5, 5.41) is 3.29. The van der Waals surface area contributed by atoms with Gasteiger partial charge in [-0.05, 0) is 18.8 Å². The number of piperazine rings is 1. The lowest BCUT2D eigenvalue weighted by molar-refractivity contribution is -0.131. The molecular formula is C11H21N3O. The van der Waals surface area contributed by atoms with Crippen LogP contribution in [0, 0.1) is 5.92 Å². The van der Waals surface area contributed by atoms with Gasteiger partial charge in [0.1, 0.15) is 0 Å². The Morgan fingerprint density at radius 3 is 2.67 bits per heavy atom. The minimum Gasteiger partial charge on any atom is -0.344 e. The maximum absolute atomic E-state index is 11.8. The molecule has 1 saturated carbocycles. The molecule has 1 aliphatic heterocycles. The second kappa shape index (κ2) is 4.94. The molecule has 1 amide bonds. The molecule has 0 aromatic carbocycles. The van der Waals surface area contributed by atoms with Gasteiger partial charge in [-0.25, -0.2) is 0 Å². The molecule has 1 heterocycles. The number of likely N-dealkylation sites (N-methyl/N-ethyl adjacent to an activating group) is 1.